The van der Waals surface area contributed by atoms with Crippen LogP contribution in [0.4, 0.5) is 11.6 Å². The second kappa shape index (κ2) is 5.90. The van der Waals surface area contributed by atoms with Crippen molar-refractivity contribution in [2.75, 3.05) is 11.5 Å². The lowest BCUT2D eigenvalue weighted by Gasteiger charge is -2.01. The monoisotopic (exact) mass is 244 g/mol. The highest BCUT2D eigenvalue weighted by Gasteiger charge is 1.99. The number of hydrogen-bond donors (Lipinski definition) is 2. The van der Waals surface area contributed by atoms with E-state index < -0.39 is 0 Å². The quantitative estimate of drug-likeness (QED) is 0.760. The summed E-state index contributed by atoms with van der Waals surface area (Å²) in [7, 11) is 0. The Hall–Kier alpha value is -2.24. The van der Waals surface area contributed by atoms with Crippen LogP contribution in [0, 0.1) is 0 Å². The number of nitrogens with two attached hydrogens (primary N) is 2. The van der Waals surface area contributed by atoms with Crippen molar-refractivity contribution in [2.45, 2.75) is 25.7 Å². The van der Waals surface area contributed by atoms with Gasteiger partial charge in [0.25, 0.3) is 0 Å². The van der Waals surface area contributed by atoms with E-state index in [1.165, 1.54) is 0 Å². The van der Waals surface area contributed by atoms with Crippen LogP contribution in [0.2, 0.25) is 0 Å². The van der Waals surface area contributed by atoms with E-state index in [1.54, 1.807) is 12.1 Å². The molecule has 2 rings (SSSR count). The lowest BCUT2D eigenvalue weighted by molar-refractivity contribution is 0.698. The first kappa shape index (κ1) is 12.2. The predicted molar refractivity (Wildman–Crippen MR) is 69.5 cm³/mol. The zero-order chi connectivity index (χ0) is 12.8. The third-order valence-electron chi connectivity index (χ3n) is 2.60. The molecule has 0 aliphatic carbocycles. The predicted octanol–water partition coefficient (Wildman–Crippen LogP) is 0.996. The number of nitrogens with zero attached hydrogens (tertiary/aromatic N) is 4. The lowest BCUT2D eigenvalue weighted by Crippen LogP contribution is -1.99. The van der Waals surface area contributed by atoms with Gasteiger partial charge < -0.3 is 11.5 Å². The number of anilines is 2. The number of nitrogen functional groups attached to an aromatic ring is 2. The van der Waals surface area contributed by atoms with Crippen LogP contribution < -0.4 is 11.5 Å². The van der Waals surface area contributed by atoms with Gasteiger partial charge in [0.2, 0.25) is 0 Å². The van der Waals surface area contributed by atoms with Gasteiger partial charge in [-0.15, -0.1) is 10.2 Å². The first-order chi connectivity index (χ1) is 8.74. The highest BCUT2D eigenvalue weighted by Crippen LogP contribution is 2.06. The molecule has 0 fully saturated rings. The Morgan fingerprint density at radius 3 is 1.44 bits per heavy atom. The molecule has 0 saturated carbocycles. The Bertz CT molecular complexity index is 431. The zero-order valence-corrected chi connectivity index (χ0v) is 10.1. The SMILES string of the molecule is Nc1ccc(CCCCc2ccc(N)nn2)nn1. The van der Waals surface area contributed by atoms with E-state index in [-0.39, 0.29) is 0 Å². The van der Waals surface area contributed by atoms with Crippen molar-refractivity contribution in [2.24, 2.45) is 0 Å². The average Bonchev–Trinajstić information content (AvgIpc) is 2.39. The second-order valence-electron chi connectivity index (χ2n) is 4.11. The molecule has 0 aliphatic heterocycles. The summed E-state index contributed by atoms with van der Waals surface area (Å²) >= 11 is 0. The van der Waals surface area contributed by atoms with Crippen LogP contribution in [-0.2, 0) is 12.8 Å². The summed E-state index contributed by atoms with van der Waals surface area (Å²) < 4.78 is 0. The molecule has 0 aromatic carbocycles. The van der Waals surface area contributed by atoms with Gasteiger partial charge in [0.1, 0.15) is 11.6 Å². The minimum atomic E-state index is 0.455. The molecule has 6 nitrogen and oxygen atoms in total. The fraction of sp³-hybridized carbons (Fsp3) is 0.333. The zero-order valence-electron chi connectivity index (χ0n) is 10.1. The van der Waals surface area contributed by atoms with Crippen LogP contribution in [0.25, 0.3) is 0 Å². The maximum Gasteiger partial charge on any atom is 0.146 e. The van der Waals surface area contributed by atoms with Crippen molar-refractivity contribution in [3.05, 3.63) is 35.7 Å². The van der Waals surface area contributed by atoms with E-state index in [1.807, 2.05) is 12.1 Å². The Morgan fingerprint density at radius 2 is 1.11 bits per heavy atom. The lowest BCUT2D eigenvalue weighted by atomic mass is 10.1. The topological polar surface area (TPSA) is 104 Å². The van der Waals surface area contributed by atoms with Gasteiger partial charge >= 0.3 is 0 Å². The summed E-state index contributed by atoms with van der Waals surface area (Å²) in [5, 5.41) is 15.7. The third kappa shape index (κ3) is 3.65. The molecule has 94 valence electrons. The molecule has 0 saturated heterocycles. The first-order valence-electron chi connectivity index (χ1n) is 5.90. The van der Waals surface area contributed by atoms with Crippen LogP contribution >= 0.6 is 0 Å². The summed E-state index contributed by atoms with van der Waals surface area (Å²) in [4.78, 5) is 0. The highest BCUT2D eigenvalue weighted by atomic mass is 15.1. The average molecular weight is 244 g/mol. The minimum Gasteiger partial charge on any atom is -0.382 e. The third-order valence-corrected chi connectivity index (χ3v) is 2.60. The molecule has 0 radical (unpaired) electrons. The summed E-state index contributed by atoms with van der Waals surface area (Å²) in [5.41, 5.74) is 12.9. The molecule has 0 spiro atoms. The smallest absolute Gasteiger partial charge is 0.146 e. The summed E-state index contributed by atoms with van der Waals surface area (Å²) in [5.74, 6) is 0.909. The van der Waals surface area contributed by atoms with Crippen molar-refractivity contribution in [3.63, 3.8) is 0 Å². The Balaban J connectivity index is 1.73. The Kier molecular flexibility index (Phi) is 4.01. The van der Waals surface area contributed by atoms with Crippen molar-refractivity contribution in [1.82, 2.24) is 20.4 Å². The van der Waals surface area contributed by atoms with Crippen LogP contribution in [-0.4, -0.2) is 20.4 Å². The van der Waals surface area contributed by atoms with E-state index in [9.17, 15) is 0 Å². The number of hydrogen-bond acceptors (Lipinski definition) is 6. The van der Waals surface area contributed by atoms with E-state index in [4.69, 9.17) is 11.5 Å². The molecular weight excluding hydrogens is 228 g/mol. The van der Waals surface area contributed by atoms with Crippen molar-refractivity contribution in [1.29, 1.82) is 0 Å². The largest absolute Gasteiger partial charge is 0.382 e. The van der Waals surface area contributed by atoms with Gasteiger partial charge in [0.05, 0.1) is 11.4 Å². The molecule has 4 N–H and O–H groups in total. The van der Waals surface area contributed by atoms with E-state index in [2.05, 4.69) is 20.4 Å². The molecule has 0 unspecified atom stereocenters. The molecule has 18 heavy (non-hydrogen) atoms. The minimum absolute atomic E-state index is 0.455. The maximum absolute atomic E-state index is 5.47. The maximum atomic E-state index is 5.47. The molecular formula is C12H16N6. The van der Waals surface area contributed by atoms with Gasteiger partial charge in [-0.3, -0.25) is 0 Å². The molecule has 6 heteroatoms. The number of aromatic nitrogens is 4. The van der Waals surface area contributed by atoms with Gasteiger partial charge in [-0.25, -0.2) is 0 Å². The van der Waals surface area contributed by atoms with Gasteiger partial charge in [-0.2, -0.15) is 10.2 Å². The van der Waals surface area contributed by atoms with E-state index in [0.717, 1.165) is 37.1 Å². The Labute approximate surface area is 105 Å². The normalized spacial score (nSPS) is 10.4. The van der Waals surface area contributed by atoms with Crippen molar-refractivity contribution >= 4 is 11.6 Å². The van der Waals surface area contributed by atoms with Gasteiger partial charge in [-0.05, 0) is 49.9 Å². The molecule has 2 aromatic rings. The first-order valence-corrected chi connectivity index (χ1v) is 5.90. The van der Waals surface area contributed by atoms with Crippen LogP contribution in [0.15, 0.2) is 24.3 Å². The number of aryl methyl sites for hydroxylation is 2. The fourth-order valence-corrected chi connectivity index (χ4v) is 1.62. The molecule has 2 aromatic heterocycles. The van der Waals surface area contributed by atoms with E-state index in [0.29, 0.717) is 11.6 Å². The molecule has 0 amide bonds. The second-order valence-corrected chi connectivity index (χ2v) is 4.11. The molecule has 2 heterocycles. The summed E-state index contributed by atoms with van der Waals surface area (Å²) in [6.45, 7) is 0. The highest BCUT2D eigenvalue weighted by molar-refractivity contribution is 5.26. The van der Waals surface area contributed by atoms with E-state index >= 15 is 0 Å². The molecule has 0 atom stereocenters. The number of unbranched alkanes of at least 4 members (excludes halogenated alkanes) is 1. The van der Waals surface area contributed by atoms with Crippen LogP contribution in [0.1, 0.15) is 24.2 Å². The van der Waals surface area contributed by atoms with Gasteiger partial charge in [-0.1, -0.05) is 0 Å². The molecule has 0 aliphatic rings. The summed E-state index contributed by atoms with van der Waals surface area (Å²) in [6, 6.07) is 7.36. The molecule has 0 bridgehead atoms. The standard InChI is InChI=1S/C12H16N6/c13-11-7-5-9(15-17-11)3-1-2-4-10-6-8-12(14)18-16-10/h5-8H,1-4H2,(H2,13,17)(H2,14,18). The summed E-state index contributed by atoms with van der Waals surface area (Å²) in [6.07, 6.45) is 3.86. The van der Waals surface area contributed by atoms with Crippen molar-refractivity contribution < 1.29 is 0 Å². The van der Waals surface area contributed by atoms with Crippen molar-refractivity contribution in [3.8, 4) is 0 Å². The van der Waals surface area contributed by atoms with Gasteiger partial charge in [0.15, 0.2) is 0 Å². The Morgan fingerprint density at radius 1 is 0.667 bits per heavy atom. The fourth-order valence-electron chi connectivity index (χ4n) is 1.62. The van der Waals surface area contributed by atoms with Crippen LogP contribution in [0.3, 0.4) is 0 Å². The van der Waals surface area contributed by atoms with Gasteiger partial charge in [0, 0.05) is 0 Å². The van der Waals surface area contributed by atoms with Crippen LogP contribution in [0.5, 0.6) is 0 Å². The number of rotatable bonds is 5.